The molecule has 0 amide bonds. The lowest BCUT2D eigenvalue weighted by atomic mass is 9.74. The predicted octanol–water partition coefficient (Wildman–Crippen LogP) is 4.83. The highest BCUT2D eigenvalue weighted by molar-refractivity contribution is 5.83. The maximum absolute atomic E-state index is 3.67. The average Bonchev–Trinajstić information content (AvgIpc) is 2.91. The smallest absolute Gasteiger partial charge is 0.0455 e. The normalized spacial score (nSPS) is 21.2. The minimum absolute atomic E-state index is 0.603. The highest BCUT2D eigenvalue weighted by Gasteiger charge is 2.30. The van der Waals surface area contributed by atoms with Crippen LogP contribution in [0.15, 0.2) is 54.7 Å². The van der Waals surface area contributed by atoms with Crippen LogP contribution in [-0.2, 0) is 0 Å². The topological polar surface area (TPSA) is 27.8 Å². The Morgan fingerprint density at radius 2 is 1.90 bits per heavy atom. The van der Waals surface area contributed by atoms with Crippen molar-refractivity contribution in [2.75, 3.05) is 5.32 Å². The third kappa shape index (κ3) is 2.31. The maximum atomic E-state index is 3.67. The monoisotopic (exact) mass is 276 g/mol. The number of nitrogens with one attached hydrogen (secondary N) is 2. The summed E-state index contributed by atoms with van der Waals surface area (Å²) in [5, 5.41) is 4.94. The number of hydrogen-bond donors (Lipinski definition) is 2. The van der Waals surface area contributed by atoms with Crippen molar-refractivity contribution in [1.82, 2.24) is 4.98 Å². The quantitative estimate of drug-likeness (QED) is 0.704. The van der Waals surface area contributed by atoms with E-state index >= 15 is 0 Å². The van der Waals surface area contributed by atoms with Gasteiger partial charge in [-0.2, -0.15) is 0 Å². The maximum Gasteiger partial charge on any atom is 0.0455 e. The Bertz CT molecular complexity index is 766. The molecule has 0 aliphatic heterocycles. The summed E-state index contributed by atoms with van der Waals surface area (Å²) in [5.74, 6) is 0.722. The molecule has 1 heterocycles. The van der Waals surface area contributed by atoms with Gasteiger partial charge in [0.15, 0.2) is 0 Å². The van der Waals surface area contributed by atoms with Crippen LogP contribution in [0.25, 0.3) is 10.9 Å². The van der Waals surface area contributed by atoms with E-state index in [0.717, 1.165) is 5.92 Å². The van der Waals surface area contributed by atoms with Gasteiger partial charge < -0.3 is 10.3 Å². The molecule has 1 aromatic heterocycles. The van der Waals surface area contributed by atoms with Crippen LogP contribution < -0.4 is 5.32 Å². The molecule has 0 spiro atoms. The lowest BCUT2D eigenvalue weighted by Gasteiger charge is -2.37. The fraction of sp³-hybridized carbons (Fsp3) is 0.263. The Kier molecular flexibility index (Phi) is 2.95. The van der Waals surface area contributed by atoms with Crippen LogP contribution in [0.3, 0.4) is 0 Å². The Morgan fingerprint density at radius 3 is 2.76 bits per heavy atom. The molecule has 4 rings (SSSR count). The van der Waals surface area contributed by atoms with Gasteiger partial charge in [0, 0.05) is 28.8 Å². The largest absolute Gasteiger partial charge is 0.382 e. The minimum atomic E-state index is 0.603. The number of aromatic amines is 1. The van der Waals surface area contributed by atoms with Crippen molar-refractivity contribution in [3.8, 4) is 0 Å². The summed E-state index contributed by atoms with van der Waals surface area (Å²) in [6.07, 6.45) is 4.46. The second kappa shape index (κ2) is 4.96. The molecule has 2 heteroatoms. The molecule has 1 aliphatic carbocycles. The van der Waals surface area contributed by atoms with Crippen molar-refractivity contribution < 1.29 is 0 Å². The van der Waals surface area contributed by atoms with Crippen molar-refractivity contribution in [2.24, 2.45) is 0 Å². The van der Waals surface area contributed by atoms with E-state index in [1.165, 1.54) is 40.6 Å². The lowest BCUT2D eigenvalue weighted by Crippen LogP contribution is -2.34. The van der Waals surface area contributed by atoms with Crippen molar-refractivity contribution in [1.29, 1.82) is 0 Å². The van der Waals surface area contributed by atoms with Gasteiger partial charge in [0.25, 0.3) is 0 Å². The molecule has 0 saturated heterocycles. The van der Waals surface area contributed by atoms with Gasteiger partial charge in [-0.25, -0.2) is 0 Å². The summed E-state index contributed by atoms with van der Waals surface area (Å²) in [6.45, 7) is 2.22. The third-order valence-corrected chi connectivity index (χ3v) is 4.69. The molecule has 0 bridgehead atoms. The van der Waals surface area contributed by atoms with E-state index in [-0.39, 0.29) is 0 Å². The molecular formula is C19H20N2. The van der Waals surface area contributed by atoms with E-state index in [1.54, 1.807) is 0 Å². The zero-order chi connectivity index (χ0) is 14.2. The molecule has 106 valence electrons. The van der Waals surface area contributed by atoms with E-state index in [4.69, 9.17) is 0 Å². The SMILES string of the molecule is Cc1ccccc1C1CC(Nc2ccc3[nH]ccc3c2)C1. The van der Waals surface area contributed by atoms with Gasteiger partial charge >= 0.3 is 0 Å². The minimum Gasteiger partial charge on any atom is -0.382 e. The first-order valence-corrected chi connectivity index (χ1v) is 7.69. The molecule has 3 aromatic rings. The molecule has 0 unspecified atom stereocenters. The zero-order valence-corrected chi connectivity index (χ0v) is 12.3. The number of fused-ring (bicyclic) bond motifs is 1. The van der Waals surface area contributed by atoms with E-state index in [2.05, 4.69) is 65.8 Å². The number of H-pyrrole nitrogens is 1. The van der Waals surface area contributed by atoms with Crippen LogP contribution >= 0.6 is 0 Å². The van der Waals surface area contributed by atoms with Gasteiger partial charge in [-0.3, -0.25) is 0 Å². The van der Waals surface area contributed by atoms with E-state index in [1.807, 2.05) is 6.20 Å². The summed E-state index contributed by atoms with van der Waals surface area (Å²) in [4.78, 5) is 3.24. The standard InChI is InChI=1S/C19H20N2/c1-13-4-2-3-5-18(13)15-11-17(12-15)21-16-6-7-19-14(10-16)8-9-20-19/h2-10,15,17,20-21H,11-12H2,1H3. The van der Waals surface area contributed by atoms with Crippen molar-refractivity contribution in [3.05, 3.63) is 65.9 Å². The van der Waals surface area contributed by atoms with Gasteiger partial charge in [0.1, 0.15) is 0 Å². The number of aromatic nitrogens is 1. The molecule has 21 heavy (non-hydrogen) atoms. The fourth-order valence-corrected chi connectivity index (χ4v) is 3.41. The Hall–Kier alpha value is -2.22. The molecule has 1 saturated carbocycles. The van der Waals surface area contributed by atoms with Crippen molar-refractivity contribution >= 4 is 16.6 Å². The van der Waals surface area contributed by atoms with Crippen LogP contribution in [0.2, 0.25) is 0 Å². The van der Waals surface area contributed by atoms with E-state index < -0.39 is 0 Å². The molecule has 0 radical (unpaired) electrons. The third-order valence-electron chi connectivity index (χ3n) is 4.69. The van der Waals surface area contributed by atoms with Crippen LogP contribution in [0.1, 0.15) is 29.9 Å². The Labute approximate surface area is 125 Å². The Morgan fingerprint density at radius 1 is 1.05 bits per heavy atom. The molecule has 1 fully saturated rings. The van der Waals surface area contributed by atoms with Gasteiger partial charge in [-0.15, -0.1) is 0 Å². The predicted molar refractivity (Wildman–Crippen MR) is 88.9 cm³/mol. The first kappa shape index (κ1) is 12.5. The van der Waals surface area contributed by atoms with Crippen molar-refractivity contribution in [2.45, 2.75) is 31.7 Å². The summed E-state index contributed by atoms with van der Waals surface area (Å²) < 4.78 is 0. The first-order valence-electron chi connectivity index (χ1n) is 7.69. The molecule has 0 atom stereocenters. The van der Waals surface area contributed by atoms with E-state index in [9.17, 15) is 0 Å². The van der Waals surface area contributed by atoms with Gasteiger partial charge in [-0.05, 0) is 61.1 Å². The second-order valence-electron chi connectivity index (χ2n) is 6.15. The number of anilines is 1. The summed E-state index contributed by atoms with van der Waals surface area (Å²) in [6, 6.07) is 18.0. The lowest BCUT2D eigenvalue weighted by molar-refractivity contribution is 0.373. The number of hydrogen-bond acceptors (Lipinski definition) is 1. The van der Waals surface area contributed by atoms with Crippen LogP contribution in [0.5, 0.6) is 0 Å². The highest BCUT2D eigenvalue weighted by Crippen LogP contribution is 2.39. The molecule has 2 aromatic carbocycles. The van der Waals surface area contributed by atoms with Crippen molar-refractivity contribution in [3.63, 3.8) is 0 Å². The molecule has 1 aliphatic rings. The highest BCUT2D eigenvalue weighted by atomic mass is 14.9. The van der Waals surface area contributed by atoms with Crippen LogP contribution in [0.4, 0.5) is 5.69 Å². The summed E-state index contributed by atoms with van der Waals surface area (Å²) in [7, 11) is 0. The summed E-state index contributed by atoms with van der Waals surface area (Å²) in [5.41, 5.74) is 5.38. The van der Waals surface area contributed by atoms with Gasteiger partial charge in [0.2, 0.25) is 0 Å². The summed E-state index contributed by atoms with van der Waals surface area (Å²) >= 11 is 0. The number of benzene rings is 2. The molecule has 2 N–H and O–H groups in total. The van der Waals surface area contributed by atoms with Crippen LogP contribution in [-0.4, -0.2) is 11.0 Å². The number of rotatable bonds is 3. The zero-order valence-electron chi connectivity index (χ0n) is 12.3. The first-order chi connectivity index (χ1) is 10.3. The van der Waals surface area contributed by atoms with Crippen LogP contribution in [0, 0.1) is 6.92 Å². The number of aryl methyl sites for hydroxylation is 1. The van der Waals surface area contributed by atoms with Gasteiger partial charge in [0.05, 0.1) is 0 Å². The fourth-order valence-electron chi connectivity index (χ4n) is 3.41. The van der Waals surface area contributed by atoms with Gasteiger partial charge in [-0.1, -0.05) is 24.3 Å². The Balaban J connectivity index is 1.43. The molecule has 2 nitrogen and oxygen atoms in total. The molecular weight excluding hydrogens is 256 g/mol. The average molecular weight is 276 g/mol. The second-order valence-corrected chi connectivity index (χ2v) is 6.15. The van der Waals surface area contributed by atoms with E-state index in [0.29, 0.717) is 6.04 Å².